The maximum Gasteiger partial charge on any atom is 0.244 e. The van der Waals surface area contributed by atoms with Crippen molar-refractivity contribution in [2.24, 2.45) is 11.8 Å². The normalized spacial score (nSPS) is 25.5. The second kappa shape index (κ2) is 5.72. The van der Waals surface area contributed by atoms with Crippen molar-refractivity contribution in [1.82, 2.24) is 4.31 Å². The van der Waals surface area contributed by atoms with Crippen molar-refractivity contribution in [2.45, 2.75) is 25.2 Å². The van der Waals surface area contributed by atoms with E-state index in [1.54, 1.807) is 22.5 Å². The fourth-order valence-corrected chi connectivity index (χ4v) is 5.32. The molecule has 6 heteroatoms. The molecule has 2 rings (SSSR count). The highest BCUT2D eigenvalue weighted by Gasteiger charge is 2.32. The molecule has 0 saturated carbocycles. The molecule has 1 aliphatic heterocycles. The van der Waals surface area contributed by atoms with Gasteiger partial charge in [0.25, 0.3) is 0 Å². The van der Waals surface area contributed by atoms with Crippen molar-refractivity contribution in [3.05, 3.63) is 27.7 Å². The van der Waals surface area contributed by atoms with Crippen LogP contribution in [0.15, 0.2) is 27.6 Å². The second-order valence-corrected chi connectivity index (χ2v) is 8.57. The summed E-state index contributed by atoms with van der Waals surface area (Å²) in [4.78, 5) is 0.193. The molecule has 2 atom stereocenters. The average Bonchev–Trinajstić information content (AvgIpc) is 2.26. The first-order valence-electron chi connectivity index (χ1n) is 6.26. The van der Waals surface area contributed by atoms with E-state index in [4.69, 9.17) is 11.6 Å². The SMILES string of the molecule is C[C@@H]1C[C@H](C)CN(S(=O)(=O)c2ccc(Br)cc2Cl)C1. The van der Waals surface area contributed by atoms with Crippen molar-refractivity contribution >= 4 is 37.6 Å². The molecule has 0 amide bonds. The molecule has 106 valence electrons. The fraction of sp³-hybridized carbons (Fsp3) is 0.538. The van der Waals surface area contributed by atoms with Gasteiger partial charge in [-0.05, 0) is 36.5 Å². The van der Waals surface area contributed by atoms with Gasteiger partial charge >= 0.3 is 0 Å². The Hall–Kier alpha value is -0.100. The van der Waals surface area contributed by atoms with E-state index in [9.17, 15) is 8.42 Å². The van der Waals surface area contributed by atoms with Crippen molar-refractivity contribution < 1.29 is 8.42 Å². The van der Waals surface area contributed by atoms with Gasteiger partial charge in [-0.2, -0.15) is 4.31 Å². The average molecular weight is 367 g/mol. The van der Waals surface area contributed by atoms with Crippen molar-refractivity contribution in [3.63, 3.8) is 0 Å². The summed E-state index contributed by atoms with van der Waals surface area (Å²) < 4.78 is 27.6. The van der Waals surface area contributed by atoms with Crippen molar-refractivity contribution in [2.75, 3.05) is 13.1 Å². The third-order valence-corrected chi connectivity index (χ3v) is 6.15. The van der Waals surface area contributed by atoms with Gasteiger partial charge in [-0.15, -0.1) is 0 Å². The third kappa shape index (κ3) is 3.32. The van der Waals surface area contributed by atoms with Crippen molar-refractivity contribution in [1.29, 1.82) is 0 Å². The fourth-order valence-electron chi connectivity index (χ4n) is 2.63. The molecule has 0 aromatic heterocycles. The van der Waals surface area contributed by atoms with E-state index in [1.165, 1.54) is 0 Å². The number of sulfonamides is 1. The van der Waals surface area contributed by atoms with Crippen LogP contribution in [0.25, 0.3) is 0 Å². The van der Waals surface area contributed by atoms with Gasteiger partial charge in [-0.25, -0.2) is 8.42 Å². The van der Waals surface area contributed by atoms with Crippen LogP contribution in [-0.2, 0) is 10.0 Å². The quantitative estimate of drug-likeness (QED) is 0.799. The maximum atomic E-state index is 12.6. The van der Waals surface area contributed by atoms with Crippen LogP contribution in [0.3, 0.4) is 0 Å². The topological polar surface area (TPSA) is 37.4 Å². The minimum Gasteiger partial charge on any atom is -0.207 e. The van der Waals surface area contributed by atoms with Crippen LogP contribution in [0.2, 0.25) is 5.02 Å². The zero-order valence-corrected chi connectivity index (χ0v) is 14.1. The van der Waals surface area contributed by atoms with Crippen LogP contribution < -0.4 is 0 Å². The lowest BCUT2D eigenvalue weighted by molar-refractivity contribution is 0.222. The van der Waals surface area contributed by atoms with Gasteiger partial charge in [0, 0.05) is 17.6 Å². The van der Waals surface area contributed by atoms with Gasteiger partial charge in [-0.1, -0.05) is 41.4 Å². The first-order chi connectivity index (χ1) is 8.80. The molecule has 1 saturated heterocycles. The molecule has 0 N–H and O–H groups in total. The molecule has 19 heavy (non-hydrogen) atoms. The minimum atomic E-state index is -3.49. The summed E-state index contributed by atoms with van der Waals surface area (Å²) in [6.07, 6.45) is 1.07. The molecule has 0 unspecified atom stereocenters. The summed E-state index contributed by atoms with van der Waals surface area (Å²) in [6, 6.07) is 4.88. The van der Waals surface area contributed by atoms with E-state index in [1.807, 2.05) is 0 Å². The van der Waals surface area contributed by atoms with Gasteiger partial charge in [0.2, 0.25) is 10.0 Å². The Balaban J connectivity index is 2.36. The second-order valence-electron chi connectivity index (χ2n) is 5.34. The van der Waals surface area contributed by atoms with Crippen LogP contribution in [0.1, 0.15) is 20.3 Å². The van der Waals surface area contributed by atoms with Crippen LogP contribution in [0.4, 0.5) is 0 Å². The number of benzene rings is 1. The lowest BCUT2D eigenvalue weighted by Gasteiger charge is -2.34. The smallest absolute Gasteiger partial charge is 0.207 e. The van der Waals surface area contributed by atoms with E-state index in [2.05, 4.69) is 29.8 Å². The standard InChI is InChI=1S/C13H17BrClNO2S/c1-9-5-10(2)8-16(7-9)19(17,18)13-4-3-11(14)6-12(13)15/h3-4,6,9-10H,5,7-8H2,1-2H3/t9-,10+. The summed E-state index contributed by atoms with van der Waals surface area (Å²) in [5, 5.41) is 0.264. The Morgan fingerprint density at radius 1 is 1.26 bits per heavy atom. The van der Waals surface area contributed by atoms with E-state index >= 15 is 0 Å². The van der Waals surface area contributed by atoms with Crippen LogP contribution in [0, 0.1) is 11.8 Å². The molecule has 0 radical (unpaired) electrons. The molecule has 0 bridgehead atoms. The summed E-state index contributed by atoms with van der Waals surface area (Å²) in [5.74, 6) is 0.764. The Kier molecular flexibility index (Phi) is 4.60. The summed E-state index contributed by atoms with van der Waals surface area (Å²) in [5.41, 5.74) is 0. The molecule has 3 nitrogen and oxygen atoms in total. The lowest BCUT2D eigenvalue weighted by atomic mass is 9.94. The van der Waals surface area contributed by atoms with Crippen LogP contribution in [0.5, 0.6) is 0 Å². The molecular formula is C13H17BrClNO2S. The highest BCUT2D eigenvalue weighted by Crippen LogP contribution is 2.31. The molecule has 1 aromatic rings. The van der Waals surface area contributed by atoms with E-state index in [0.29, 0.717) is 24.9 Å². The molecule has 1 heterocycles. The van der Waals surface area contributed by atoms with E-state index in [-0.39, 0.29) is 9.92 Å². The number of hydrogen-bond donors (Lipinski definition) is 0. The maximum absolute atomic E-state index is 12.6. The number of halogens is 2. The van der Waals surface area contributed by atoms with Gasteiger partial charge in [0.1, 0.15) is 4.90 Å². The van der Waals surface area contributed by atoms with Gasteiger partial charge in [-0.3, -0.25) is 0 Å². The van der Waals surface area contributed by atoms with E-state index < -0.39 is 10.0 Å². The number of hydrogen-bond acceptors (Lipinski definition) is 2. The molecule has 1 fully saturated rings. The predicted molar refractivity (Wildman–Crippen MR) is 80.9 cm³/mol. The molecular weight excluding hydrogens is 350 g/mol. The summed E-state index contributed by atoms with van der Waals surface area (Å²) >= 11 is 9.36. The highest BCUT2D eigenvalue weighted by atomic mass is 79.9. The van der Waals surface area contributed by atoms with Crippen molar-refractivity contribution in [3.8, 4) is 0 Å². The predicted octanol–water partition coefficient (Wildman–Crippen LogP) is 3.77. The van der Waals surface area contributed by atoms with Crippen LogP contribution >= 0.6 is 27.5 Å². The monoisotopic (exact) mass is 365 g/mol. The van der Waals surface area contributed by atoms with Crippen LogP contribution in [-0.4, -0.2) is 25.8 Å². The lowest BCUT2D eigenvalue weighted by Crippen LogP contribution is -2.42. The van der Waals surface area contributed by atoms with Gasteiger partial charge in [0.05, 0.1) is 5.02 Å². The summed E-state index contributed by atoms with van der Waals surface area (Å²) in [6.45, 7) is 5.31. The summed E-state index contributed by atoms with van der Waals surface area (Å²) in [7, 11) is -3.49. The Morgan fingerprint density at radius 2 is 1.84 bits per heavy atom. The Labute approximate surface area is 128 Å². The number of piperidine rings is 1. The first kappa shape index (κ1) is 15.3. The minimum absolute atomic E-state index is 0.193. The van der Waals surface area contributed by atoms with Gasteiger partial charge < -0.3 is 0 Å². The highest BCUT2D eigenvalue weighted by molar-refractivity contribution is 9.10. The van der Waals surface area contributed by atoms with Gasteiger partial charge in [0.15, 0.2) is 0 Å². The first-order valence-corrected chi connectivity index (χ1v) is 8.87. The molecule has 0 aliphatic carbocycles. The Morgan fingerprint density at radius 3 is 2.37 bits per heavy atom. The largest absolute Gasteiger partial charge is 0.244 e. The van der Waals surface area contributed by atoms with E-state index in [0.717, 1.165) is 10.9 Å². The zero-order chi connectivity index (χ0) is 14.2. The Bertz CT molecular complexity index is 566. The molecule has 0 spiro atoms. The third-order valence-electron chi connectivity index (χ3n) is 3.35. The number of nitrogens with zero attached hydrogens (tertiary/aromatic N) is 1. The molecule has 1 aliphatic rings. The molecule has 1 aromatic carbocycles. The number of rotatable bonds is 2. The zero-order valence-electron chi connectivity index (χ0n) is 10.9.